The second-order valence-corrected chi connectivity index (χ2v) is 8.70. The van der Waals surface area contributed by atoms with Gasteiger partial charge in [-0.05, 0) is 24.3 Å². The lowest BCUT2D eigenvalue weighted by Gasteiger charge is -2.33. The van der Waals surface area contributed by atoms with E-state index in [-0.39, 0.29) is 36.2 Å². The van der Waals surface area contributed by atoms with Crippen LogP contribution in [0.4, 0.5) is 31.5 Å². The Morgan fingerprint density at radius 1 is 0.893 bits per heavy atom. The smallest absolute Gasteiger partial charge is 0.345 e. The van der Waals surface area contributed by atoms with E-state index < -0.39 is 33.6 Å². The molecule has 13 heteroatoms. The van der Waals surface area contributed by atoms with Gasteiger partial charge in [0.15, 0.2) is 10.8 Å². The first-order valence-electron chi connectivity index (χ1n) is 7.84. The molecule has 0 bridgehead atoms. The fraction of sp³-hybridized carbons (Fsp3) is 0.400. The van der Waals surface area contributed by atoms with E-state index in [4.69, 9.17) is 0 Å². The Balaban J connectivity index is 1.69. The number of thiazole rings is 1. The number of rotatable bonds is 3. The Morgan fingerprint density at radius 2 is 1.46 bits per heavy atom. The van der Waals surface area contributed by atoms with Gasteiger partial charge in [0.25, 0.3) is 0 Å². The standard InChI is InChI=1S/C15H13F6N3O2S2/c16-14(17,18)10-1-3-11(4-2-10)28(25,26)24-7-5-23(6-8-24)13-22-12(9-27-13)15(19,20)21/h1-4,9H,5-8H2. The second-order valence-electron chi connectivity index (χ2n) is 5.93. The van der Waals surface area contributed by atoms with Crippen LogP contribution in [0.1, 0.15) is 11.3 Å². The Bertz CT molecular complexity index is 930. The molecule has 2 heterocycles. The van der Waals surface area contributed by atoms with Crippen LogP contribution in [0, 0.1) is 0 Å². The van der Waals surface area contributed by atoms with E-state index in [2.05, 4.69) is 4.98 Å². The molecule has 0 spiro atoms. The second kappa shape index (κ2) is 7.19. The zero-order valence-corrected chi connectivity index (χ0v) is 15.6. The van der Waals surface area contributed by atoms with Crippen molar-refractivity contribution in [2.24, 2.45) is 0 Å². The Hall–Kier alpha value is -1.86. The maximum atomic E-state index is 12.6. The molecule has 1 fully saturated rings. The highest BCUT2D eigenvalue weighted by Crippen LogP contribution is 2.34. The molecule has 0 unspecified atom stereocenters. The first-order valence-corrected chi connectivity index (χ1v) is 10.2. The van der Waals surface area contributed by atoms with Crippen molar-refractivity contribution in [2.75, 3.05) is 31.1 Å². The molecule has 0 amide bonds. The van der Waals surface area contributed by atoms with Gasteiger partial charge >= 0.3 is 12.4 Å². The van der Waals surface area contributed by atoms with Crippen molar-refractivity contribution in [2.45, 2.75) is 17.2 Å². The third-order valence-corrected chi connectivity index (χ3v) is 6.93. The number of hydrogen-bond donors (Lipinski definition) is 0. The number of hydrogen-bond acceptors (Lipinski definition) is 5. The van der Waals surface area contributed by atoms with E-state index in [1.165, 1.54) is 0 Å². The summed E-state index contributed by atoms with van der Waals surface area (Å²) in [5.41, 5.74) is -1.96. The zero-order valence-electron chi connectivity index (χ0n) is 14.0. The van der Waals surface area contributed by atoms with Crippen molar-refractivity contribution in [3.8, 4) is 0 Å². The summed E-state index contributed by atoms with van der Waals surface area (Å²) in [7, 11) is -4.01. The minimum Gasteiger partial charge on any atom is -0.345 e. The summed E-state index contributed by atoms with van der Waals surface area (Å²) >= 11 is 0.812. The van der Waals surface area contributed by atoms with Gasteiger partial charge in [-0.1, -0.05) is 0 Å². The van der Waals surface area contributed by atoms with Gasteiger partial charge in [-0.2, -0.15) is 30.6 Å². The molecule has 28 heavy (non-hydrogen) atoms. The molecule has 1 aromatic heterocycles. The van der Waals surface area contributed by atoms with E-state index in [1.54, 1.807) is 4.90 Å². The van der Waals surface area contributed by atoms with Crippen LogP contribution in [-0.2, 0) is 22.4 Å². The lowest BCUT2D eigenvalue weighted by molar-refractivity contribution is -0.140. The van der Waals surface area contributed by atoms with E-state index in [1.807, 2.05) is 0 Å². The normalized spacial score (nSPS) is 17.1. The van der Waals surface area contributed by atoms with Crippen LogP contribution in [0.3, 0.4) is 0 Å². The topological polar surface area (TPSA) is 53.5 Å². The predicted molar refractivity (Wildman–Crippen MR) is 89.5 cm³/mol. The molecule has 0 atom stereocenters. The van der Waals surface area contributed by atoms with Gasteiger partial charge < -0.3 is 4.90 Å². The highest BCUT2D eigenvalue weighted by Gasteiger charge is 2.36. The number of sulfonamides is 1. The van der Waals surface area contributed by atoms with E-state index in [0.717, 1.165) is 33.2 Å². The molecule has 3 rings (SSSR count). The van der Waals surface area contributed by atoms with Crippen molar-refractivity contribution in [3.63, 3.8) is 0 Å². The van der Waals surface area contributed by atoms with E-state index in [0.29, 0.717) is 12.1 Å². The number of nitrogens with zero attached hydrogens (tertiary/aromatic N) is 3. The fourth-order valence-corrected chi connectivity index (χ4v) is 4.93. The van der Waals surface area contributed by atoms with Gasteiger partial charge in [-0.15, -0.1) is 11.3 Å². The summed E-state index contributed by atoms with van der Waals surface area (Å²) in [6.07, 6.45) is -9.13. The number of benzene rings is 1. The maximum Gasteiger partial charge on any atom is 0.434 e. The number of aromatic nitrogens is 1. The highest BCUT2D eigenvalue weighted by atomic mass is 32.2. The summed E-state index contributed by atoms with van der Waals surface area (Å²) in [6.45, 7) is 0.184. The average Bonchev–Trinajstić information content (AvgIpc) is 3.12. The third kappa shape index (κ3) is 4.25. The number of piperazine rings is 1. The average molecular weight is 445 g/mol. The van der Waals surface area contributed by atoms with Crippen molar-refractivity contribution in [1.82, 2.24) is 9.29 Å². The quantitative estimate of drug-likeness (QED) is 0.677. The fourth-order valence-electron chi connectivity index (χ4n) is 2.62. The minimum absolute atomic E-state index is 0.0235. The van der Waals surface area contributed by atoms with Crippen LogP contribution >= 0.6 is 11.3 Å². The van der Waals surface area contributed by atoms with Gasteiger partial charge in [-0.25, -0.2) is 13.4 Å². The summed E-state index contributed by atoms with van der Waals surface area (Å²) in [5, 5.41) is 1.03. The molecular formula is C15H13F6N3O2S2. The Labute approximate surface area is 160 Å². The van der Waals surface area contributed by atoms with Crippen LogP contribution in [0.25, 0.3) is 0 Å². The lowest BCUT2D eigenvalue weighted by Crippen LogP contribution is -2.48. The molecule has 0 radical (unpaired) electrons. The molecule has 5 nitrogen and oxygen atoms in total. The molecule has 1 saturated heterocycles. The molecule has 1 aliphatic heterocycles. The van der Waals surface area contributed by atoms with E-state index >= 15 is 0 Å². The van der Waals surface area contributed by atoms with Gasteiger partial charge in [0.2, 0.25) is 10.0 Å². The van der Waals surface area contributed by atoms with Crippen LogP contribution in [0.2, 0.25) is 0 Å². The summed E-state index contributed by atoms with van der Waals surface area (Å²) < 4.78 is 102. The van der Waals surface area contributed by atoms with E-state index in [9.17, 15) is 34.8 Å². The molecule has 1 aliphatic rings. The van der Waals surface area contributed by atoms with Crippen LogP contribution in [0.5, 0.6) is 0 Å². The van der Waals surface area contributed by atoms with Gasteiger partial charge in [0.1, 0.15) is 0 Å². The largest absolute Gasteiger partial charge is 0.434 e. The van der Waals surface area contributed by atoms with Gasteiger partial charge in [-0.3, -0.25) is 0 Å². The highest BCUT2D eigenvalue weighted by molar-refractivity contribution is 7.89. The SMILES string of the molecule is O=S(=O)(c1ccc(C(F)(F)F)cc1)N1CCN(c2nc(C(F)(F)F)cs2)CC1. The maximum absolute atomic E-state index is 12.6. The molecular weight excluding hydrogens is 432 g/mol. The van der Waals surface area contributed by atoms with Crippen molar-refractivity contribution in [3.05, 3.63) is 40.9 Å². The molecule has 0 aliphatic carbocycles. The third-order valence-electron chi connectivity index (χ3n) is 4.11. The first kappa shape index (κ1) is 20.9. The number of alkyl halides is 6. The van der Waals surface area contributed by atoms with Crippen LogP contribution in [0.15, 0.2) is 34.5 Å². The van der Waals surface area contributed by atoms with Gasteiger partial charge in [0.05, 0.1) is 10.5 Å². The molecule has 2 aromatic rings. The van der Waals surface area contributed by atoms with Crippen molar-refractivity contribution >= 4 is 26.5 Å². The molecule has 0 saturated carbocycles. The predicted octanol–water partition coefficient (Wildman–Crippen LogP) is 3.69. The summed E-state index contributed by atoms with van der Waals surface area (Å²) in [4.78, 5) is 4.79. The van der Waals surface area contributed by atoms with Gasteiger partial charge in [0, 0.05) is 31.6 Å². The first-order chi connectivity index (χ1) is 12.9. The van der Waals surface area contributed by atoms with Crippen LogP contribution < -0.4 is 4.90 Å². The Morgan fingerprint density at radius 3 is 1.93 bits per heavy atom. The van der Waals surface area contributed by atoms with Crippen LogP contribution in [-0.4, -0.2) is 43.9 Å². The molecule has 1 aromatic carbocycles. The molecule has 0 N–H and O–H groups in total. The number of halogens is 6. The monoisotopic (exact) mass is 445 g/mol. The summed E-state index contributed by atoms with van der Waals surface area (Å²) in [6, 6.07) is 3.16. The van der Waals surface area contributed by atoms with Crippen molar-refractivity contribution in [1.29, 1.82) is 0 Å². The Kier molecular flexibility index (Phi) is 5.36. The minimum atomic E-state index is -4.57. The summed E-state index contributed by atoms with van der Waals surface area (Å²) in [5.74, 6) is 0. The zero-order chi connectivity index (χ0) is 20.7. The van der Waals surface area contributed by atoms with Crippen molar-refractivity contribution < 1.29 is 34.8 Å². The lowest BCUT2D eigenvalue weighted by atomic mass is 10.2. The number of anilines is 1. The molecule has 154 valence electrons.